The number of carbonyl (C=O) groups is 2. The fourth-order valence-electron chi connectivity index (χ4n) is 4.08. The zero-order chi connectivity index (χ0) is 20.0. The number of carboxylic acid groups (broad SMARTS) is 1. The van der Waals surface area contributed by atoms with Gasteiger partial charge < -0.3 is 35.2 Å². The van der Waals surface area contributed by atoms with Gasteiger partial charge in [0.1, 0.15) is 23.2 Å². The third-order valence-corrected chi connectivity index (χ3v) is 5.82. The van der Waals surface area contributed by atoms with Crippen LogP contribution in [-0.4, -0.2) is 75.9 Å². The highest BCUT2D eigenvalue weighted by atomic mass is 16.5. The summed E-state index contributed by atoms with van der Waals surface area (Å²) in [7, 11) is -1.50. The van der Waals surface area contributed by atoms with Gasteiger partial charge in [-0.2, -0.15) is 0 Å². The molecular formula is C18H23BN2O7. The molecule has 5 N–H and O–H groups in total. The van der Waals surface area contributed by atoms with Crippen LogP contribution in [0, 0.1) is 0 Å². The third-order valence-electron chi connectivity index (χ3n) is 5.82. The fraction of sp³-hybridized carbons (Fsp3) is 0.556. The summed E-state index contributed by atoms with van der Waals surface area (Å²) in [6, 6.07) is 2.90. The number of hydrogen-bond donors (Lipinski definition) is 5. The van der Waals surface area contributed by atoms with Gasteiger partial charge in [-0.15, -0.1) is 0 Å². The van der Waals surface area contributed by atoms with Crippen LogP contribution in [0.2, 0.25) is 5.82 Å². The van der Waals surface area contributed by atoms with Crippen LogP contribution >= 0.6 is 0 Å². The molecule has 10 heteroatoms. The zero-order valence-corrected chi connectivity index (χ0v) is 15.2. The van der Waals surface area contributed by atoms with Gasteiger partial charge in [0, 0.05) is 5.82 Å². The van der Waals surface area contributed by atoms with Crippen molar-refractivity contribution in [1.82, 2.24) is 10.2 Å². The van der Waals surface area contributed by atoms with E-state index in [2.05, 4.69) is 5.32 Å². The van der Waals surface area contributed by atoms with Gasteiger partial charge in [0.15, 0.2) is 0 Å². The topological polar surface area (TPSA) is 140 Å². The summed E-state index contributed by atoms with van der Waals surface area (Å²) < 4.78 is 5.74. The highest BCUT2D eigenvalue weighted by Crippen LogP contribution is 2.56. The maximum Gasteiger partial charge on any atom is 0.455 e. The number of nitrogens with zero attached hydrogens (tertiary/aromatic N) is 1. The molecule has 28 heavy (non-hydrogen) atoms. The van der Waals surface area contributed by atoms with Crippen molar-refractivity contribution in [2.45, 2.75) is 43.1 Å². The summed E-state index contributed by atoms with van der Waals surface area (Å²) >= 11 is 0. The average Bonchev–Trinajstić information content (AvgIpc) is 3.21. The van der Waals surface area contributed by atoms with Crippen molar-refractivity contribution in [2.24, 2.45) is 0 Å². The summed E-state index contributed by atoms with van der Waals surface area (Å²) in [5.41, 5.74) is 0.0402. The van der Waals surface area contributed by atoms with Crippen LogP contribution in [0.1, 0.15) is 41.1 Å². The number of aromatic hydroxyl groups is 1. The molecule has 0 aromatic heterocycles. The lowest BCUT2D eigenvalue weighted by molar-refractivity contribution is -0.141. The Morgan fingerprint density at radius 2 is 2.00 bits per heavy atom. The molecule has 1 aromatic rings. The minimum atomic E-state index is -1.50. The van der Waals surface area contributed by atoms with Crippen molar-refractivity contribution in [3.8, 4) is 11.5 Å². The molecule has 4 rings (SSSR count). The van der Waals surface area contributed by atoms with Gasteiger partial charge in [-0.05, 0) is 43.4 Å². The molecule has 2 heterocycles. The van der Waals surface area contributed by atoms with Crippen LogP contribution in [0.5, 0.6) is 11.5 Å². The van der Waals surface area contributed by atoms with E-state index in [4.69, 9.17) is 4.74 Å². The van der Waals surface area contributed by atoms with E-state index in [-0.39, 0.29) is 35.3 Å². The number of rotatable bonds is 6. The number of carboxylic acids is 1. The number of likely N-dealkylation sites (tertiary alicyclic amines) is 1. The van der Waals surface area contributed by atoms with Gasteiger partial charge in [0.2, 0.25) is 5.91 Å². The number of phenols is 1. The van der Waals surface area contributed by atoms with Crippen molar-refractivity contribution in [3.63, 3.8) is 0 Å². The molecule has 0 bridgehead atoms. The first-order chi connectivity index (χ1) is 13.4. The third kappa shape index (κ3) is 3.43. The molecule has 1 aromatic carbocycles. The van der Waals surface area contributed by atoms with Crippen LogP contribution < -0.4 is 10.1 Å². The number of aromatic carboxylic acids is 1. The van der Waals surface area contributed by atoms with Gasteiger partial charge in [-0.1, -0.05) is 6.07 Å². The highest BCUT2D eigenvalue weighted by Gasteiger charge is 2.48. The zero-order valence-electron chi connectivity index (χ0n) is 15.2. The maximum absolute atomic E-state index is 12.3. The Labute approximate surface area is 162 Å². The predicted octanol–water partition coefficient (Wildman–Crippen LogP) is -0.238. The summed E-state index contributed by atoms with van der Waals surface area (Å²) in [5.74, 6) is -2.33. The second kappa shape index (κ2) is 7.27. The molecule has 3 aliphatic rings. The first kappa shape index (κ1) is 19.0. The molecule has 2 aliphatic heterocycles. The van der Waals surface area contributed by atoms with E-state index in [1.165, 1.54) is 6.07 Å². The molecule has 2 saturated heterocycles. The molecule has 9 nitrogen and oxygen atoms in total. The lowest BCUT2D eigenvalue weighted by Gasteiger charge is -2.40. The fourth-order valence-corrected chi connectivity index (χ4v) is 4.08. The van der Waals surface area contributed by atoms with E-state index >= 15 is 0 Å². The van der Waals surface area contributed by atoms with E-state index < -0.39 is 24.7 Å². The number of ether oxygens (including phenoxy) is 1. The van der Waals surface area contributed by atoms with E-state index in [0.29, 0.717) is 25.1 Å². The normalized spacial score (nSPS) is 26.6. The van der Waals surface area contributed by atoms with Gasteiger partial charge in [0.25, 0.3) is 0 Å². The Morgan fingerprint density at radius 1 is 1.25 bits per heavy atom. The monoisotopic (exact) mass is 390 g/mol. The van der Waals surface area contributed by atoms with Crippen molar-refractivity contribution in [1.29, 1.82) is 0 Å². The van der Waals surface area contributed by atoms with Crippen LogP contribution in [0.25, 0.3) is 0 Å². The molecule has 1 aliphatic carbocycles. The quantitative estimate of drug-likeness (QED) is 0.420. The molecule has 0 spiro atoms. The number of nitrogens with one attached hydrogen (secondary N) is 1. The van der Waals surface area contributed by atoms with Crippen LogP contribution in [0.4, 0.5) is 0 Å². The Hall–Kier alpha value is -2.30. The number of hydrogen-bond acceptors (Lipinski definition) is 7. The van der Waals surface area contributed by atoms with Crippen molar-refractivity contribution in [2.75, 3.05) is 19.6 Å². The largest absolute Gasteiger partial charge is 0.507 e. The molecule has 0 unspecified atom stereocenters. The Kier molecular flexibility index (Phi) is 4.94. The average molecular weight is 390 g/mol. The minimum Gasteiger partial charge on any atom is -0.507 e. The standard InChI is InChI=1S/C18H23BN2O7/c22-16-10(11-6-12(11)19(26)27)3-4-14(15(16)18(24)25)28-9-7-21(8-9)17(23)13-2-1-5-20-13/h3-4,9,11-13,20,22,26-27H,1-2,5-8H2,(H,24,25)/t11-,12-,13-/m1/s1. The Bertz CT molecular complexity index is 790. The summed E-state index contributed by atoms with van der Waals surface area (Å²) in [4.78, 5) is 25.7. The van der Waals surface area contributed by atoms with Gasteiger partial charge >= 0.3 is 13.1 Å². The van der Waals surface area contributed by atoms with Crippen molar-refractivity contribution in [3.05, 3.63) is 23.3 Å². The van der Waals surface area contributed by atoms with E-state index in [0.717, 1.165) is 19.4 Å². The van der Waals surface area contributed by atoms with Gasteiger partial charge in [0.05, 0.1) is 19.1 Å². The second-order valence-corrected chi connectivity index (χ2v) is 7.73. The number of benzene rings is 1. The summed E-state index contributed by atoms with van der Waals surface area (Å²) in [6.07, 6.45) is 1.94. The maximum atomic E-state index is 12.3. The summed E-state index contributed by atoms with van der Waals surface area (Å²) in [5, 5.41) is 41.6. The Balaban J connectivity index is 1.43. The first-order valence-electron chi connectivity index (χ1n) is 9.51. The van der Waals surface area contributed by atoms with E-state index in [1.54, 1.807) is 11.0 Å². The highest BCUT2D eigenvalue weighted by molar-refractivity contribution is 6.44. The minimum absolute atomic E-state index is 0.0383. The second-order valence-electron chi connectivity index (χ2n) is 7.73. The predicted molar refractivity (Wildman–Crippen MR) is 98.4 cm³/mol. The van der Waals surface area contributed by atoms with Gasteiger partial charge in [-0.25, -0.2) is 4.79 Å². The molecule has 0 radical (unpaired) electrons. The summed E-state index contributed by atoms with van der Waals surface area (Å²) in [6.45, 7) is 1.59. The van der Waals surface area contributed by atoms with E-state index in [9.17, 15) is 29.9 Å². The molecule has 3 atom stereocenters. The van der Waals surface area contributed by atoms with E-state index in [1.807, 2.05) is 0 Å². The van der Waals surface area contributed by atoms with Crippen molar-refractivity contribution >= 4 is 19.0 Å². The lowest BCUT2D eigenvalue weighted by Crippen LogP contribution is -2.59. The number of carbonyl (C=O) groups excluding carboxylic acids is 1. The molecule has 1 amide bonds. The smallest absolute Gasteiger partial charge is 0.455 e. The number of amides is 1. The molecule has 1 saturated carbocycles. The van der Waals surface area contributed by atoms with Crippen molar-refractivity contribution < 1.29 is 34.6 Å². The van der Waals surface area contributed by atoms with Crippen LogP contribution in [-0.2, 0) is 4.79 Å². The first-order valence-corrected chi connectivity index (χ1v) is 9.51. The van der Waals surface area contributed by atoms with Crippen LogP contribution in [0.15, 0.2) is 12.1 Å². The molecule has 3 fully saturated rings. The molecular weight excluding hydrogens is 367 g/mol. The molecule has 150 valence electrons. The van der Waals surface area contributed by atoms with Crippen LogP contribution in [0.3, 0.4) is 0 Å². The SMILES string of the molecule is O=C(O)c1c(OC2CN(C(=O)[C@H]3CCCN3)C2)ccc([C@H]2C[C@H]2B(O)O)c1O. The lowest BCUT2D eigenvalue weighted by atomic mass is 9.81. The van der Waals surface area contributed by atoms with Gasteiger partial charge in [-0.3, -0.25) is 4.79 Å². The Morgan fingerprint density at radius 3 is 2.57 bits per heavy atom.